The molecule has 0 saturated heterocycles. The van der Waals surface area contributed by atoms with Crippen molar-refractivity contribution >= 4 is 11.9 Å². The second kappa shape index (κ2) is 8.29. The van der Waals surface area contributed by atoms with Crippen LogP contribution in [-0.4, -0.2) is 25.0 Å². The molecule has 0 unspecified atom stereocenters. The molecule has 2 rings (SSSR count). The van der Waals surface area contributed by atoms with Crippen LogP contribution < -0.4 is 5.32 Å². The highest BCUT2D eigenvalue weighted by Crippen LogP contribution is 2.32. The van der Waals surface area contributed by atoms with E-state index in [1.807, 2.05) is 67.6 Å². The summed E-state index contributed by atoms with van der Waals surface area (Å²) in [5, 5.41) is 2.82. The molecule has 130 valence electrons. The molecule has 4 nitrogen and oxygen atoms in total. The Morgan fingerprint density at radius 3 is 1.96 bits per heavy atom. The number of nitrogens with one attached hydrogen (secondary N) is 1. The van der Waals surface area contributed by atoms with Crippen molar-refractivity contribution in [3.05, 3.63) is 84.4 Å². The van der Waals surface area contributed by atoms with Crippen LogP contribution in [0.5, 0.6) is 0 Å². The van der Waals surface area contributed by atoms with Crippen LogP contribution in [-0.2, 0) is 19.7 Å². The van der Waals surface area contributed by atoms with E-state index in [2.05, 4.69) is 11.9 Å². The molecular formula is C21H23NO3. The molecule has 0 aliphatic rings. The lowest BCUT2D eigenvalue weighted by atomic mass is 9.75. The summed E-state index contributed by atoms with van der Waals surface area (Å²) in [6.45, 7) is 5.50. The van der Waals surface area contributed by atoms with Gasteiger partial charge in [0.05, 0.1) is 12.5 Å². The predicted molar refractivity (Wildman–Crippen MR) is 98.1 cm³/mol. The standard InChI is InChI=1S/C21H23NO3/c1-4-11-18(19(23)25-3)22-20(24)21(2,16-12-7-5-8-13-16)17-14-9-6-10-15-17/h4-10,12-15,18H,1,11H2,2-3H3,(H,22,24)/t18-/m0/s1. The first-order valence-corrected chi connectivity index (χ1v) is 8.14. The number of rotatable bonds is 7. The molecule has 1 amide bonds. The van der Waals surface area contributed by atoms with Gasteiger partial charge in [-0.2, -0.15) is 0 Å². The van der Waals surface area contributed by atoms with Gasteiger partial charge in [0, 0.05) is 0 Å². The van der Waals surface area contributed by atoms with Crippen molar-refractivity contribution in [2.45, 2.75) is 24.8 Å². The lowest BCUT2D eigenvalue weighted by molar-refractivity contribution is -0.145. The van der Waals surface area contributed by atoms with Gasteiger partial charge in [0.25, 0.3) is 0 Å². The molecule has 0 aromatic heterocycles. The van der Waals surface area contributed by atoms with Crippen LogP contribution in [0.25, 0.3) is 0 Å². The third-order valence-corrected chi connectivity index (χ3v) is 4.35. The van der Waals surface area contributed by atoms with E-state index in [0.29, 0.717) is 6.42 Å². The van der Waals surface area contributed by atoms with E-state index in [1.54, 1.807) is 6.08 Å². The van der Waals surface area contributed by atoms with Crippen LogP contribution in [0.4, 0.5) is 0 Å². The SMILES string of the molecule is C=CC[C@H](NC(=O)C(C)(c1ccccc1)c1ccccc1)C(=O)OC. The first-order chi connectivity index (χ1) is 12.0. The summed E-state index contributed by atoms with van der Waals surface area (Å²) < 4.78 is 4.79. The van der Waals surface area contributed by atoms with Crippen molar-refractivity contribution in [2.24, 2.45) is 0 Å². The molecule has 2 aromatic rings. The lowest BCUT2D eigenvalue weighted by Crippen LogP contribution is -2.50. The van der Waals surface area contributed by atoms with Crippen LogP contribution >= 0.6 is 0 Å². The number of amides is 1. The highest BCUT2D eigenvalue weighted by atomic mass is 16.5. The van der Waals surface area contributed by atoms with E-state index >= 15 is 0 Å². The largest absolute Gasteiger partial charge is 0.467 e. The topological polar surface area (TPSA) is 55.4 Å². The smallest absolute Gasteiger partial charge is 0.328 e. The van der Waals surface area contributed by atoms with Crippen LogP contribution in [0.2, 0.25) is 0 Å². The Balaban J connectivity index is 2.44. The van der Waals surface area contributed by atoms with Gasteiger partial charge >= 0.3 is 5.97 Å². The summed E-state index contributed by atoms with van der Waals surface area (Å²) in [7, 11) is 1.30. The predicted octanol–water partition coefficient (Wildman–Crippen LogP) is 3.23. The third kappa shape index (κ3) is 3.97. The monoisotopic (exact) mass is 337 g/mol. The molecule has 2 aromatic carbocycles. The summed E-state index contributed by atoms with van der Waals surface area (Å²) in [6, 6.07) is 18.3. The van der Waals surface area contributed by atoms with E-state index in [4.69, 9.17) is 4.74 Å². The Bertz CT molecular complexity index is 686. The van der Waals surface area contributed by atoms with Crippen molar-refractivity contribution in [3.63, 3.8) is 0 Å². The molecule has 0 aliphatic heterocycles. The average Bonchev–Trinajstić information content (AvgIpc) is 2.67. The minimum atomic E-state index is -0.935. The van der Waals surface area contributed by atoms with Gasteiger partial charge in [-0.05, 0) is 24.5 Å². The number of methoxy groups -OCH3 is 1. The van der Waals surface area contributed by atoms with E-state index in [9.17, 15) is 9.59 Å². The summed E-state index contributed by atoms with van der Waals surface area (Å²) in [5.74, 6) is -0.751. The second-order valence-corrected chi connectivity index (χ2v) is 5.93. The van der Waals surface area contributed by atoms with Crippen LogP contribution in [0.15, 0.2) is 73.3 Å². The number of carbonyl (C=O) groups is 2. The van der Waals surface area contributed by atoms with Crippen LogP contribution in [0.1, 0.15) is 24.5 Å². The van der Waals surface area contributed by atoms with Gasteiger partial charge in [-0.3, -0.25) is 4.79 Å². The van der Waals surface area contributed by atoms with Crippen molar-refractivity contribution < 1.29 is 14.3 Å². The third-order valence-electron chi connectivity index (χ3n) is 4.35. The molecule has 25 heavy (non-hydrogen) atoms. The molecule has 1 N–H and O–H groups in total. The first kappa shape index (κ1) is 18.5. The Labute approximate surface area is 148 Å². The van der Waals surface area contributed by atoms with Crippen molar-refractivity contribution in [3.8, 4) is 0 Å². The number of ether oxygens (including phenoxy) is 1. The van der Waals surface area contributed by atoms with E-state index < -0.39 is 17.4 Å². The normalized spacial score (nSPS) is 12.1. The maximum atomic E-state index is 13.2. The Morgan fingerprint density at radius 1 is 1.08 bits per heavy atom. The number of esters is 1. The molecule has 0 saturated carbocycles. The molecule has 0 aliphatic carbocycles. The summed E-state index contributed by atoms with van der Waals surface area (Å²) in [6.07, 6.45) is 1.89. The highest BCUT2D eigenvalue weighted by Gasteiger charge is 2.38. The molecule has 1 atom stereocenters. The van der Waals surface area contributed by atoms with Gasteiger partial charge in [-0.25, -0.2) is 4.79 Å². The molecule has 0 fully saturated rings. The molecular weight excluding hydrogens is 314 g/mol. The van der Waals surface area contributed by atoms with Crippen molar-refractivity contribution in [2.75, 3.05) is 7.11 Å². The zero-order valence-electron chi connectivity index (χ0n) is 14.6. The summed E-state index contributed by atoms with van der Waals surface area (Å²) >= 11 is 0. The zero-order chi connectivity index (χ0) is 18.3. The van der Waals surface area contributed by atoms with Gasteiger partial charge in [0.1, 0.15) is 6.04 Å². The average molecular weight is 337 g/mol. The number of benzene rings is 2. The quantitative estimate of drug-likeness (QED) is 0.623. The van der Waals surface area contributed by atoms with Crippen molar-refractivity contribution in [1.82, 2.24) is 5.32 Å². The van der Waals surface area contributed by atoms with Gasteiger partial charge in [-0.15, -0.1) is 6.58 Å². The van der Waals surface area contributed by atoms with Gasteiger partial charge in [0.15, 0.2) is 0 Å². The molecule has 0 spiro atoms. The number of hydrogen-bond donors (Lipinski definition) is 1. The fraction of sp³-hybridized carbons (Fsp3) is 0.238. The second-order valence-electron chi connectivity index (χ2n) is 5.93. The maximum absolute atomic E-state index is 13.2. The zero-order valence-corrected chi connectivity index (χ0v) is 14.6. The minimum Gasteiger partial charge on any atom is -0.467 e. The maximum Gasteiger partial charge on any atom is 0.328 e. The fourth-order valence-electron chi connectivity index (χ4n) is 2.80. The molecule has 0 heterocycles. The highest BCUT2D eigenvalue weighted by molar-refractivity contribution is 5.94. The molecule has 0 bridgehead atoms. The molecule has 4 heteroatoms. The van der Waals surface area contributed by atoms with E-state index in [1.165, 1.54) is 7.11 Å². The van der Waals surface area contributed by atoms with Gasteiger partial charge in [-0.1, -0.05) is 66.7 Å². The Hall–Kier alpha value is -2.88. The summed E-state index contributed by atoms with van der Waals surface area (Å²) in [5.41, 5.74) is 0.762. The number of carbonyl (C=O) groups excluding carboxylic acids is 2. The van der Waals surface area contributed by atoms with Gasteiger partial charge < -0.3 is 10.1 Å². The summed E-state index contributed by atoms with van der Waals surface area (Å²) in [4.78, 5) is 25.2. The van der Waals surface area contributed by atoms with Gasteiger partial charge in [0.2, 0.25) is 5.91 Å². The van der Waals surface area contributed by atoms with Crippen molar-refractivity contribution in [1.29, 1.82) is 0 Å². The molecule has 0 radical (unpaired) electrons. The van der Waals surface area contributed by atoms with E-state index in [-0.39, 0.29) is 5.91 Å². The fourth-order valence-corrected chi connectivity index (χ4v) is 2.80. The Morgan fingerprint density at radius 2 is 1.56 bits per heavy atom. The van der Waals surface area contributed by atoms with E-state index in [0.717, 1.165) is 11.1 Å². The van der Waals surface area contributed by atoms with Crippen LogP contribution in [0, 0.1) is 0 Å². The first-order valence-electron chi connectivity index (χ1n) is 8.14. The minimum absolute atomic E-state index is 0.262. The van der Waals surface area contributed by atoms with Crippen LogP contribution in [0.3, 0.4) is 0 Å². The Kier molecular flexibility index (Phi) is 6.12. The number of hydrogen-bond acceptors (Lipinski definition) is 3. The lowest BCUT2D eigenvalue weighted by Gasteiger charge is -2.31.